The summed E-state index contributed by atoms with van der Waals surface area (Å²) in [5.41, 5.74) is 2.47. The highest BCUT2D eigenvalue weighted by Crippen LogP contribution is 2.18. The van der Waals surface area contributed by atoms with E-state index >= 15 is 0 Å². The van der Waals surface area contributed by atoms with Gasteiger partial charge in [-0.1, -0.05) is 12.1 Å². The van der Waals surface area contributed by atoms with Crippen molar-refractivity contribution in [1.82, 2.24) is 10.3 Å². The van der Waals surface area contributed by atoms with Crippen molar-refractivity contribution < 1.29 is 14.3 Å². The average Bonchev–Trinajstić information content (AvgIpc) is 2.59. The molecule has 0 atom stereocenters. The molecule has 2 N–H and O–H groups in total. The number of carbonyl (C=O) groups excluding carboxylic acids is 2. The topological polar surface area (TPSA) is 80.3 Å². The first kappa shape index (κ1) is 17.6. The van der Waals surface area contributed by atoms with Gasteiger partial charge in [-0.05, 0) is 37.6 Å². The molecular weight excluding hydrogens is 306 g/mol. The Labute approximate surface area is 141 Å². The fraction of sp³-hybridized carbons (Fsp3) is 0.278. The third-order valence-corrected chi connectivity index (χ3v) is 3.36. The van der Waals surface area contributed by atoms with Crippen LogP contribution >= 0.6 is 0 Å². The quantitative estimate of drug-likeness (QED) is 0.576. The summed E-state index contributed by atoms with van der Waals surface area (Å²) in [6, 6.07) is 10.6. The predicted octanol–water partition coefficient (Wildman–Crippen LogP) is 2.79. The Balaban J connectivity index is 2.03. The molecule has 0 fully saturated rings. The number of amides is 1. The van der Waals surface area contributed by atoms with Crippen LogP contribution in [0, 0.1) is 0 Å². The molecule has 1 amide bonds. The minimum Gasteiger partial charge on any atom is -0.385 e. The second-order valence-corrected chi connectivity index (χ2v) is 5.29. The molecule has 0 saturated heterocycles. The van der Waals surface area contributed by atoms with Gasteiger partial charge in [0.25, 0.3) is 5.91 Å². The number of ether oxygens (including phenoxy) is 1. The number of pyridine rings is 1. The van der Waals surface area contributed by atoms with Crippen LogP contribution in [0.25, 0.3) is 0 Å². The van der Waals surface area contributed by atoms with Crippen molar-refractivity contribution in [3.05, 3.63) is 53.9 Å². The van der Waals surface area contributed by atoms with Gasteiger partial charge < -0.3 is 15.4 Å². The van der Waals surface area contributed by atoms with Crippen LogP contribution in [0.3, 0.4) is 0 Å². The van der Waals surface area contributed by atoms with Gasteiger partial charge in [-0.3, -0.25) is 14.6 Å². The summed E-state index contributed by atoms with van der Waals surface area (Å²) in [7, 11) is 1.62. The highest BCUT2D eigenvalue weighted by Gasteiger charge is 2.08. The van der Waals surface area contributed by atoms with Crippen LogP contribution in [0.15, 0.2) is 42.6 Å². The maximum Gasteiger partial charge on any atom is 0.269 e. The van der Waals surface area contributed by atoms with E-state index < -0.39 is 0 Å². The summed E-state index contributed by atoms with van der Waals surface area (Å²) in [5, 5.41) is 5.97. The Morgan fingerprint density at radius 2 is 1.96 bits per heavy atom. The van der Waals surface area contributed by atoms with Crippen molar-refractivity contribution in [3.8, 4) is 0 Å². The van der Waals surface area contributed by atoms with Crippen molar-refractivity contribution in [2.75, 3.05) is 25.6 Å². The Kier molecular flexibility index (Phi) is 6.45. The molecule has 0 radical (unpaired) electrons. The van der Waals surface area contributed by atoms with Crippen LogP contribution in [0.1, 0.15) is 34.2 Å². The van der Waals surface area contributed by atoms with Gasteiger partial charge in [0.05, 0.1) is 0 Å². The van der Waals surface area contributed by atoms with E-state index in [0.29, 0.717) is 24.4 Å². The van der Waals surface area contributed by atoms with Gasteiger partial charge in [0.15, 0.2) is 5.78 Å². The lowest BCUT2D eigenvalue weighted by molar-refractivity contribution is 0.0942. The highest BCUT2D eigenvalue weighted by atomic mass is 16.5. The molecule has 2 rings (SSSR count). The van der Waals surface area contributed by atoms with Gasteiger partial charge in [-0.2, -0.15) is 0 Å². The summed E-state index contributed by atoms with van der Waals surface area (Å²) in [6.07, 6.45) is 2.32. The van der Waals surface area contributed by atoms with E-state index in [1.54, 1.807) is 37.6 Å². The van der Waals surface area contributed by atoms with Crippen molar-refractivity contribution in [3.63, 3.8) is 0 Å². The number of aromatic nitrogens is 1. The van der Waals surface area contributed by atoms with Gasteiger partial charge >= 0.3 is 0 Å². The number of benzene rings is 1. The molecule has 6 nitrogen and oxygen atoms in total. The minimum absolute atomic E-state index is 0.00417. The molecule has 0 aliphatic heterocycles. The zero-order chi connectivity index (χ0) is 17.4. The molecule has 0 saturated carbocycles. The van der Waals surface area contributed by atoms with E-state index in [4.69, 9.17) is 4.74 Å². The van der Waals surface area contributed by atoms with Gasteiger partial charge in [-0.15, -0.1) is 0 Å². The molecule has 0 bridgehead atoms. The van der Waals surface area contributed by atoms with Crippen LogP contribution in [0.2, 0.25) is 0 Å². The number of hydrogen-bond donors (Lipinski definition) is 2. The number of carbonyl (C=O) groups is 2. The number of rotatable bonds is 8. The lowest BCUT2D eigenvalue weighted by Crippen LogP contribution is -2.26. The molecule has 0 aliphatic carbocycles. The van der Waals surface area contributed by atoms with Crippen molar-refractivity contribution in [2.45, 2.75) is 13.3 Å². The fourth-order valence-electron chi connectivity index (χ4n) is 2.12. The normalized spacial score (nSPS) is 10.2. The fourth-order valence-corrected chi connectivity index (χ4v) is 2.12. The second kappa shape index (κ2) is 8.79. The Bertz CT molecular complexity index is 716. The van der Waals surface area contributed by atoms with Gasteiger partial charge in [0, 0.05) is 43.4 Å². The number of methoxy groups -OCH3 is 1. The van der Waals surface area contributed by atoms with E-state index in [2.05, 4.69) is 15.6 Å². The first-order chi connectivity index (χ1) is 11.6. The Morgan fingerprint density at radius 3 is 2.71 bits per heavy atom. The molecule has 0 aliphatic rings. The largest absolute Gasteiger partial charge is 0.385 e. The average molecular weight is 327 g/mol. The van der Waals surface area contributed by atoms with E-state index in [0.717, 1.165) is 17.8 Å². The van der Waals surface area contributed by atoms with Crippen LogP contribution in [0.4, 0.5) is 11.4 Å². The number of hydrogen-bond acceptors (Lipinski definition) is 5. The highest BCUT2D eigenvalue weighted by molar-refractivity contribution is 5.95. The lowest BCUT2D eigenvalue weighted by atomic mass is 10.1. The molecule has 2 aromatic rings. The number of nitrogens with zero attached hydrogens (tertiary/aromatic N) is 1. The second-order valence-electron chi connectivity index (χ2n) is 5.29. The summed E-state index contributed by atoms with van der Waals surface area (Å²) in [6.45, 7) is 2.66. The molecule has 0 spiro atoms. The number of ketones is 1. The Morgan fingerprint density at radius 1 is 1.17 bits per heavy atom. The van der Waals surface area contributed by atoms with Crippen LogP contribution in [-0.2, 0) is 4.74 Å². The molecule has 24 heavy (non-hydrogen) atoms. The van der Waals surface area contributed by atoms with Crippen molar-refractivity contribution >= 4 is 23.1 Å². The molecule has 0 unspecified atom stereocenters. The van der Waals surface area contributed by atoms with Crippen molar-refractivity contribution in [1.29, 1.82) is 0 Å². The van der Waals surface area contributed by atoms with Gasteiger partial charge in [0.2, 0.25) is 0 Å². The maximum absolute atomic E-state index is 12.1. The Hall–Kier alpha value is -2.73. The van der Waals surface area contributed by atoms with E-state index in [9.17, 15) is 9.59 Å². The van der Waals surface area contributed by atoms with Crippen LogP contribution in [-0.4, -0.2) is 36.9 Å². The standard InChI is InChI=1S/C18H21N3O3/c1-13(22)14-5-3-6-15(11-14)21-16-7-9-19-17(12-16)18(23)20-8-4-10-24-2/h3,5-7,9,11-12H,4,8,10H2,1-2H3,(H,19,21)(H,20,23). The summed E-state index contributed by atoms with van der Waals surface area (Å²) in [5.74, 6) is -0.225. The number of nitrogens with one attached hydrogen (secondary N) is 2. The monoisotopic (exact) mass is 327 g/mol. The van der Waals surface area contributed by atoms with E-state index in [-0.39, 0.29) is 11.7 Å². The van der Waals surface area contributed by atoms with E-state index in [1.807, 2.05) is 12.1 Å². The van der Waals surface area contributed by atoms with E-state index in [1.165, 1.54) is 6.92 Å². The zero-order valence-corrected chi connectivity index (χ0v) is 13.8. The maximum atomic E-state index is 12.1. The third-order valence-electron chi connectivity index (χ3n) is 3.36. The van der Waals surface area contributed by atoms with Gasteiger partial charge in [0.1, 0.15) is 5.69 Å². The molecule has 1 aromatic carbocycles. The molecule has 1 heterocycles. The number of Topliss-reactive ketones (excluding diaryl/α,β-unsaturated/α-hetero) is 1. The number of anilines is 2. The third kappa shape index (κ3) is 5.17. The first-order valence-electron chi connectivity index (χ1n) is 7.71. The SMILES string of the molecule is COCCCNC(=O)c1cc(Nc2cccc(C(C)=O)c2)ccn1. The lowest BCUT2D eigenvalue weighted by Gasteiger charge is -2.09. The first-order valence-corrected chi connectivity index (χ1v) is 7.71. The molecule has 6 heteroatoms. The van der Waals surface area contributed by atoms with Crippen LogP contribution in [0.5, 0.6) is 0 Å². The molecule has 1 aromatic heterocycles. The summed E-state index contributed by atoms with van der Waals surface area (Å²) < 4.78 is 4.94. The van der Waals surface area contributed by atoms with Gasteiger partial charge in [-0.25, -0.2) is 0 Å². The minimum atomic E-state index is -0.229. The molecule has 126 valence electrons. The summed E-state index contributed by atoms with van der Waals surface area (Å²) in [4.78, 5) is 27.6. The smallest absolute Gasteiger partial charge is 0.269 e. The van der Waals surface area contributed by atoms with Crippen molar-refractivity contribution in [2.24, 2.45) is 0 Å². The zero-order valence-electron chi connectivity index (χ0n) is 13.8. The molecular formula is C18H21N3O3. The van der Waals surface area contributed by atoms with Crippen LogP contribution < -0.4 is 10.6 Å². The predicted molar refractivity (Wildman–Crippen MR) is 92.8 cm³/mol. The summed E-state index contributed by atoms with van der Waals surface area (Å²) >= 11 is 0.